The molecule has 0 heterocycles. The fourth-order valence-corrected chi connectivity index (χ4v) is 2.29. The van der Waals surface area contributed by atoms with Crippen molar-refractivity contribution in [3.63, 3.8) is 0 Å². The predicted octanol–water partition coefficient (Wildman–Crippen LogP) is 3.41. The van der Waals surface area contributed by atoms with Gasteiger partial charge in [0.2, 0.25) is 0 Å². The van der Waals surface area contributed by atoms with Crippen LogP contribution in [0.25, 0.3) is 0 Å². The van der Waals surface area contributed by atoms with Gasteiger partial charge in [-0.1, -0.05) is 18.2 Å². The zero-order chi connectivity index (χ0) is 12.5. The number of hydrogen-bond acceptors (Lipinski definition) is 1. The van der Waals surface area contributed by atoms with Crippen molar-refractivity contribution in [3.05, 3.63) is 34.9 Å². The molecule has 0 saturated carbocycles. The van der Waals surface area contributed by atoms with Gasteiger partial charge in [-0.05, 0) is 42.4 Å². The molecule has 0 spiro atoms. The third-order valence-corrected chi connectivity index (χ3v) is 3.22. The molecule has 1 aliphatic rings. The van der Waals surface area contributed by atoms with Crippen LogP contribution < -0.4 is 0 Å². The van der Waals surface area contributed by atoms with Crippen molar-refractivity contribution in [1.82, 2.24) is 0 Å². The summed E-state index contributed by atoms with van der Waals surface area (Å²) in [4.78, 5) is 10.6. The smallest absolute Gasteiger partial charge is 0.302 e. The lowest BCUT2D eigenvalue weighted by atomic mass is 9.88. The van der Waals surface area contributed by atoms with Crippen molar-refractivity contribution in [3.8, 4) is 0 Å². The average molecular weight is 242 g/mol. The highest BCUT2D eigenvalue weighted by atomic mass is 19.4. The Labute approximate surface area is 97.6 Å². The Morgan fingerprint density at radius 1 is 1.12 bits per heavy atom. The molecule has 0 aliphatic heterocycles. The Balaban J connectivity index is 2.36. The molecule has 92 valence electrons. The first-order valence-corrected chi connectivity index (χ1v) is 5.66. The van der Waals surface area contributed by atoms with E-state index < -0.39 is 12.1 Å². The van der Waals surface area contributed by atoms with Crippen LogP contribution in [0.4, 0.5) is 13.2 Å². The van der Waals surface area contributed by atoms with E-state index in [1.165, 1.54) is 6.07 Å². The van der Waals surface area contributed by atoms with Gasteiger partial charge in [-0.25, -0.2) is 0 Å². The van der Waals surface area contributed by atoms with Gasteiger partial charge in [0.15, 0.2) is 0 Å². The molecule has 1 atom stereocenters. The van der Waals surface area contributed by atoms with Gasteiger partial charge in [0, 0.05) is 0 Å². The molecule has 4 heteroatoms. The lowest BCUT2D eigenvalue weighted by Gasteiger charge is -2.20. The van der Waals surface area contributed by atoms with Gasteiger partial charge in [-0.2, -0.15) is 13.2 Å². The van der Waals surface area contributed by atoms with Gasteiger partial charge in [-0.15, -0.1) is 0 Å². The van der Waals surface area contributed by atoms with Crippen molar-refractivity contribution in [2.75, 3.05) is 0 Å². The average Bonchev–Trinajstić information content (AvgIpc) is 2.28. The van der Waals surface area contributed by atoms with Gasteiger partial charge in [-0.3, -0.25) is 0 Å². The molecule has 1 nitrogen and oxygen atoms in total. The molecule has 1 aromatic carbocycles. The lowest BCUT2D eigenvalue weighted by molar-refractivity contribution is -0.155. The summed E-state index contributed by atoms with van der Waals surface area (Å²) in [5, 5.41) is 0. The molecule has 0 aromatic heterocycles. The summed E-state index contributed by atoms with van der Waals surface area (Å²) in [6, 6.07) is 4.70. The molecule has 0 saturated heterocycles. The van der Waals surface area contributed by atoms with Gasteiger partial charge in [0.25, 0.3) is 0 Å². The lowest BCUT2D eigenvalue weighted by Crippen LogP contribution is -2.22. The molecule has 1 aliphatic carbocycles. The number of halogens is 3. The van der Waals surface area contributed by atoms with Gasteiger partial charge < -0.3 is 4.79 Å². The summed E-state index contributed by atoms with van der Waals surface area (Å²) in [6.07, 6.45) is -0.688. The number of fused-ring (bicyclic) bond motifs is 1. The third-order valence-electron chi connectivity index (χ3n) is 3.22. The number of aryl methyl sites for hydroxylation is 2. The maximum Gasteiger partial charge on any atom is 0.402 e. The topological polar surface area (TPSA) is 17.1 Å². The predicted molar refractivity (Wildman–Crippen MR) is 57.9 cm³/mol. The van der Waals surface area contributed by atoms with Crippen LogP contribution in [0.5, 0.6) is 0 Å². The number of carbonyl (C=O) groups excluding carboxylic acids is 1. The first kappa shape index (κ1) is 12.1. The molecule has 0 radical (unpaired) electrons. The number of alkyl halides is 3. The van der Waals surface area contributed by atoms with Crippen molar-refractivity contribution >= 4 is 6.29 Å². The van der Waals surface area contributed by atoms with Crippen LogP contribution in [-0.2, 0) is 17.6 Å². The van der Waals surface area contributed by atoms with Crippen LogP contribution in [0.15, 0.2) is 18.2 Å². The highest BCUT2D eigenvalue weighted by Crippen LogP contribution is 2.34. The maximum absolute atomic E-state index is 12.6. The molecule has 0 bridgehead atoms. The van der Waals surface area contributed by atoms with E-state index in [9.17, 15) is 18.0 Å². The second kappa shape index (κ2) is 4.51. The SMILES string of the molecule is O=CC(c1ccc2c(c1)CCCC2)C(F)(F)F. The molecule has 1 aromatic rings. The quantitative estimate of drug-likeness (QED) is 0.726. The summed E-state index contributed by atoms with van der Waals surface area (Å²) in [5.41, 5.74) is 2.14. The highest BCUT2D eigenvalue weighted by Gasteiger charge is 2.40. The van der Waals surface area contributed by atoms with Crippen LogP contribution in [0, 0.1) is 0 Å². The fraction of sp³-hybridized carbons (Fsp3) is 0.462. The number of benzene rings is 1. The van der Waals surface area contributed by atoms with E-state index in [-0.39, 0.29) is 11.8 Å². The van der Waals surface area contributed by atoms with Crippen molar-refractivity contribution in [1.29, 1.82) is 0 Å². The fourth-order valence-electron chi connectivity index (χ4n) is 2.29. The maximum atomic E-state index is 12.6. The summed E-state index contributed by atoms with van der Waals surface area (Å²) >= 11 is 0. The zero-order valence-electron chi connectivity index (χ0n) is 9.26. The standard InChI is InChI=1S/C13H13F3O/c14-13(15,16)12(8-17)11-6-5-9-3-1-2-4-10(9)7-11/h5-8,12H,1-4H2. The van der Waals surface area contributed by atoms with Crippen molar-refractivity contribution < 1.29 is 18.0 Å². The van der Waals surface area contributed by atoms with Gasteiger partial charge in [0.1, 0.15) is 12.2 Å². The van der Waals surface area contributed by atoms with Crippen LogP contribution in [0.2, 0.25) is 0 Å². The van der Waals surface area contributed by atoms with E-state index in [1.54, 1.807) is 12.1 Å². The molecular weight excluding hydrogens is 229 g/mol. The Hall–Kier alpha value is -1.32. The summed E-state index contributed by atoms with van der Waals surface area (Å²) in [5.74, 6) is -1.99. The normalized spacial score (nSPS) is 17.4. The Bertz CT molecular complexity index is 423. The van der Waals surface area contributed by atoms with E-state index in [0.717, 1.165) is 36.8 Å². The Morgan fingerprint density at radius 2 is 1.76 bits per heavy atom. The monoisotopic (exact) mass is 242 g/mol. The van der Waals surface area contributed by atoms with E-state index in [4.69, 9.17) is 0 Å². The van der Waals surface area contributed by atoms with E-state index in [1.807, 2.05) is 0 Å². The third kappa shape index (κ3) is 2.51. The van der Waals surface area contributed by atoms with Crippen LogP contribution in [-0.4, -0.2) is 12.5 Å². The molecule has 1 unspecified atom stereocenters. The minimum absolute atomic E-state index is 0.0233. The minimum atomic E-state index is -4.50. The number of aldehydes is 1. The van der Waals surface area contributed by atoms with Gasteiger partial charge in [0.05, 0.1) is 0 Å². The van der Waals surface area contributed by atoms with E-state index in [2.05, 4.69) is 0 Å². The molecule has 17 heavy (non-hydrogen) atoms. The Morgan fingerprint density at radius 3 is 2.35 bits per heavy atom. The number of rotatable bonds is 2. The molecular formula is C13H13F3O. The number of hydrogen-bond donors (Lipinski definition) is 0. The first-order valence-electron chi connectivity index (χ1n) is 5.66. The van der Waals surface area contributed by atoms with Crippen molar-refractivity contribution in [2.45, 2.75) is 37.8 Å². The zero-order valence-corrected chi connectivity index (χ0v) is 9.26. The second-order valence-electron chi connectivity index (χ2n) is 4.39. The minimum Gasteiger partial charge on any atom is -0.302 e. The molecule has 0 fully saturated rings. The van der Waals surface area contributed by atoms with E-state index in [0.29, 0.717) is 0 Å². The van der Waals surface area contributed by atoms with Crippen molar-refractivity contribution in [2.24, 2.45) is 0 Å². The summed E-state index contributed by atoms with van der Waals surface area (Å²) in [7, 11) is 0. The Kier molecular flexibility index (Phi) is 3.22. The van der Waals surface area contributed by atoms with Crippen LogP contribution in [0.3, 0.4) is 0 Å². The molecule has 2 rings (SSSR count). The van der Waals surface area contributed by atoms with Crippen LogP contribution >= 0.6 is 0 Å². The summed E-state index contributed by atoms with van der Waals surface area (Å²) in [6.45, 7) is 0. The highest BCUT2D eigenvalue weighted by molar-refractivity contribution is 5.64. The van der Waals surface area contributed by atoms with Crippen LogP contribution in [0.1, 0.15) is 35.4 Å². The largest absolute Gasteiger partial charge is 0.402 e. The number of carbonyl (C=O) groups is 1. The molecule has 0 amide bonds. The summed E-state index contributed by atoms with van der Waals surface area (Å²) < 4.78 is 37.8. The van der Waals surface area contributed by atoms with Gasteiger partial charge >= 0.3 is 6.18 Å². The first-order chi connectivity index (χ1) is 8.02. The second-order valence-corrected chi connectivity index (χ2v) is 4.39. The molecule has 0 N–H and O–H groups in total. The van der Waals surface area contributed by atoms with E-state index >= 15 is 0 Å².